The van der Waals surface area contributed by atoms with Gasteiger partial charge in [-0.15, -0.1) is 0 Å². The van der Waals surface area contributed by atoms with E-state index in [2.05, 4.69) is 20.8 Å². The Bertz CT molecular complexity index is 343. The summed E-state index contributed by atoms with van der Waals surface area (Å²) in [5, 5.41) is 9.53. The molecule has 2 bridgehead atoms. The van der Waals surface area contributed by atoms with Crippen molar-refractivity contribution in [2.75, 3.05) is 6.61 Å². The lowest BCUT2D eigenvalue weighted by molar-refractivity contribution is -0.0167. The van der Waals surface area contributed by atoms with E-state index in [4.69, 9.17) is 4.74 Å². The zero-order valence-corrected chi connectivity index (χ0v) is 13.5. The lowest BCUT2D eigenvalue weighted by atomic mass is 9.66. The Morgan fingerprint density at radius 1 is 1.05 bits per heavy atom. The molecule has 3 saturated carbocycles. The Labute approximate surface area is 124 Å². The quantitative estimate of drug-likeness (QED) is 0.838. The van der Waals surface area contributed by atoms with Crippen molar-refractivity contribution in [2.24, 2.45) is 22.7 Å². The third-order valence-electron chi connectivity index (χ3n) is 7.44. The number of hydrogen-bond donors (Lipinski definition) is 1. The number of rotatable bonds is 4. The van der Waals surface area contributed by atoms with E-state index in [1.54, 1.807) is 0 Å². The van der Waals surface area contributed by atoms with Gasteiger partial charge >= 0.3 is 0 Å². The summed E-state index contributed by atoms with van der Waals surface area (Å²) in [6.07, 6.45) is 9.85. The van der Waals surface area contributed by atoms with E-state index in [9.17, 15) is 5.11 Å². The average Bonchev–Trinajstić information content (AvgIpc) is 2.74. The van der Waals surface area contributed by atoms with Crippen molar-refractivity contribution in [3.63, 3.8) is 0 Å². The Morgan fingerprint density at radius 3 is 2.30 bits per heavy atom. The standard InChI is InChI=1S/C18H32O2/c1-17(2)13-8-10-18(17,3)14(12-13)9-11-20-16-6-4-15(19)5-7-16/h13-16,19H,4-12H2,1-3H3/t13-,14-,15?,16?,18+/m0/s1. The number of aliphatic hydroxyl groups excluding tert-OH is 1. The van der Waals surface area contributed by atoms with E-state index in [1.807, 2.05) is 0 Å². The molecule has 0 unspecified atom stereocenters. The van der Waals surface area contributed by atoms with E-state index >= 15 is 0 Å². The second-order valence-corrected chi connectivity index (χ2v) is 8.40. The van der Waals surface area contributed by atoms with Crippen molar-refractivity contribution < 1.29 is 9.84 Å². The molecule has 2 nitrogen and oxygen atoms in total. The van der Waals surface area contributed by atoms with Crippen molar-refractivity contribution >= 4 is 0 Å². The van der Waals surface area contributed by atoms with Crippen molar-refractivity contribution in [1.29, 1.82) is 0 Å². The number of fused-ring (bicyclic) bond motifs is 2. The predicted octanol–water partition coefficient (Wildman–Crippen LogP) is 4.16. The molecule has 0 saturated heterocycles. The molecular formula is C18H32O2. The number of aliphatic hydroxyl groups is 1. The van der Waals surface area contributed by atoms with Crippen molar-refractivity contribution in [3.05, 3.63) is 0 Å². The molecule has 0 spiro atoms. The highest BCUT2D eigenvalue weighted by Crippen LogP contribution is 2.68. The third-order valence-corrected chi connectivity index (χ3v) is 7.44. The molecule has 0 heterocycles. The zero-order valence-electron chi connectivity index (χ0n) is 13.5. The second kappa shape index (κ2) is 5.28. The minimum Gasteiger partial charge on any atom is -0.393 e. The molecule has 3 atom stereocenters. The molecule has 3 rings (SSSR count). The zero-order chi connectivity index (χ0) is 14.4. The van der Waals surface area contributed by atoms with Gasteiger partial charge in [0.1, 0.15) is 0 Å². The van der Waals surface area contributed by atoms with Crippen LogP contribution in [0, 0.1) is 22.7 Å². The van der Waals surface area contributed by atoms with Gasteiger partial charge in [0, 0.05) is 6.61 Å². The molecule has 2 heteroatoms. The third kappa shape index (κ3) is 2.33. The van der Waals surface area contributed by atoms with Crippen LogP contribution < -0.4 is 0 Å². The Morgan fingerprint density at radius 2 is 1.75 bits per heavy atom. The highest BCUT2D eigenvalue weighted by molar-refractivity contribution is 5.09. The second-order valence-electron chi connectivity index (χ2n) is 8.40. The average molecular weight is 280 g/mol. The molecule has 0 aromatic rings. The number of hydrogen-bond acceptors (Lipinski definition) is 2. The molecule has 1 N–H and O–H groups in total. The fourth-order valence-electron chi connectivity index (χ4n) is 5.39. The summed E-state index contributed by atoms with van der Waals surface area (Å²) in [7, 11) is 0. The van der Waals surface area contributed by atoms with Crippen molar-refractivity contribution in [1.82, 2.24) is 0 Å². The Balaban J connectivity index is 1.46. The molecule has 3 aliphatic carbocycles. The summed E-state index contributed by atoms with van der Waals surface area (Å²) >= 11 is 0. The van der Waals surface area contributed by atoms with Gasteiger partial charge in [0.25, 0.3) is 0 Å². The highest BCUT2D eigenvalue weighted by atomic mass is 16.5. The summed E-state index contributed by atoms with van der Waals surface area (Å²) in [5.41, 5.74) is 1.08. The van der Waals surface area contributed by atoms with Crippen LogP contribution in [0.15, 0.2) is 0 Å². The molecule has 116 valence electrons. The molecule has 3 fully saturated rings. The van der Waals surface area contributed by atoms with Gasteiger partial charge in [0.2, 0.25) is 0 Å². The normalized spacial score (nSPS) is 46.8. The highest BCUT2D eigenvalue weighted by Gasteiger charge is 2.60. The minimum absolute atomic E-state index is 0.0693. The van der Waals surface area contributed by atoms with Gasteiger partial charge in [-0.2, -0.15) is 0 Å². The first-order chi connectivity index (χ1) is 9.43. The lowest BCUT2D eigenvalue weighted by Crippen LogP contribution is -2.33. The van der Waals surface area contributed by atoms with E-state index in [0.29, 0.717) is 16.9 Å². The molecule has 0 radical (unpaired) electrons. The van der Waals surface area contributed by atoms with Gasteiger partial charge in [0.15, 0.2) is 0 Å². The summed E-state index contributed by atoms with van der Waals surface area (Å²) < 4.78 is 6.10. The molecule has 0 aromatic carbocycles. The molecular weight excluding hydrogens is 248 g/mol. The van der Waals surface area contributed by atoms with Gasteiger partial charge in [-0.1, -0.05) is 20.8 Å². The van der Waals surface area contributed by atoms with Crippen LogP contribution in [0.3, 0.4) is 0 Å². The predicted molar refractivity (Wildman–Crippen MR) is 81.6 cm³/mol. The maximum Gasteiger partial charge on any atom is 0.0577 e. The Kier molecular flexibility index (Phi) is 3.92. The van der Waals surface area contributed by atoms with Gasteiger partial charge in [-0.05, 0) is 74.0 Å². The van der Waals surface area contributed by atoms with Crippen molar-refractivity contribution in [2.45, 2.75) is 84.3 Å². The fraction of sp³-hybridized carbons (Fsp3) is 1.00. The van der Waals surface area contributed by atoms with Crippen LogP contribution in [-0.4, -0.2) is 23.9 Å². The summed E-state index contributed by atoms with van der Waals surface area (Å²) in [4.78, 5) is 0. The van der Waals surface area contributed by atoms with Crippen LogP contribution in [0.4, 0.5) is 0 Å². The molecule has 0 aromatic heterocycles. The minimum atomic E-state index is -0.0693. The topological polar surface area (TPSA) is 29.5 Å². The van der Waals surface area contributed by atoms with Gasteiger partial charge in [-0.25, -0.2) is 0 Å². The number of ether oxygens (including phenoxy) is 1. The van der Waals surface area contributed by atoms with Crippen LogP contribution in [0.1, 0.15) is 72.1 Å². The van der Waals surface area contributed by atoms with Crippen LogP contribution in [0.5, 0.6) is 0 Å². The fourth-order valence-corrected chi connectivity index (χ4v) is 5.39. The van der Waals surface area contributed by atoms with E-state index < -0.39 is 0 Å². The SMILES string of the molecule is CC1(C)[C@H]2CC[C@]1(C)[C@@H](CCOC1CCC(O)CC1)C2. The smallest absolute Gasteiger partial charge is 0.0577 e. The summed E-state index contributed by atoms with van der Waals surface area (Å²) in [6, 6.07) is 0. The van der Waals surface area contributed by atoms with Crippen LogP contribution in [0.25, 0.3) is 0 Å². The van der Waals surface area contributed by atoms with Gasteiger partial charge in [-0.3, -0.25) is 0 Å². The van der Waals surface area contributed by atoms with Gasteiger partial charge in [0.05, 0.1) is 12.2 Å². The monoisotopic (exact) mass is 280 g/mol. The largest absolute Gasteiger partial charge is 0.393 e. The van der Waals surface area contributed by atoms with Crippen LogP contribution in [0.2, 0.25) is 0 Å². The van der Waals surface area contributed by atoms with E-state index in [1.165, 1.54) is 25.7 Å². The Hall–Kier alpha value is -0.0800. The summed E-state index contributed by atoms with van der Waals surface area (Å²) in [5.74, 6) is 1.81. The molecule has 0 aliphatic heterocycles. The first-order valence-electron chi connectivity index (χ1n) is 8.73. The molecule has 3 aliphatic rings. The molecule has 20 heavy (non-hydrogen) atoms. The summed E-state index contributed by atoms with van der Waals surface area (Å²) in [6.45, 7) is 8.45. The van der Waals surface area contributed by atoms with E-state index in [0.717, 1.165) is 44.1 Å². The maximum atomic E-state index is 9.53. The lowest BCUT2D eigenvalue weighted by Gasteiger charge is -2.39. The molecule has 0 amide bonds. The first kappa shape index (κ1) is 14.8. The maximum absolute atomic E-state index is 9.53. The van der Waals surface area contributed by atoms with Crippen molar-refractivity contribution in [3.8, 4) is 0 Å². The first-order valence-corrected chi connectivity index (χ1v) is 8.73. The van der Waals surface area contributed by atoms with Crippen LogP contribution in [-0.2, 0) is 4.74 Å². The van der Waals surface area contributed by atoms with E-state index in [-0.39, 0.29) is 6.10 Å². The van der Waals surface area contributed by atoms with Gasteiger partial charge < -0.3 is 9.84 Å². The van der Waals surface area contributed by atoms with Crippen LogP contribution >= 0.6 is 0 Å².